The first-order valence-corrected chi connectivity index (χ1v) is 4.87. The number of fused-ring (bicyclic) bond motifs is 1. The highest BCUT2D eigenvalue weighted by molar-refractivity contribution is 5.79. The molecular formula is C13H12N2. The van der Waals surface area contributed by atoms with Gasteiger partial charge in [-0.1, -0.05) is 30.0 Å². The van der Waals surface area contributed by atoms with Crippen LogP contribution in [0.25, 0.3) is 10.9 Å². The third-order valence-electron chi connectivity index (χ3n) is 2.03. The van der Waals surface area contributed by atoms with Gasteiger partial charge in [0, 0.05) is 17.1 Å². The number of benzene rings is 1. The Kier molecular flexibility index (Phi) is 2.66. The summed E-state index contributed by atoms with van der Waals surface area (Å²) in [5, 5.41) is 1.11. The van der Waals surface area contributed by atoms with Gasteiger partial charge in [-0.05, 0) is 19.1 Å². The molecule has 2 N–H and O–H groups in total. The van der Waals surface area contributed by atoms with Crippen molar-refractivity contribution < 1.29 is 0 Å². The molecule has 0 spiro atoms. The van der Waals surface area contributed by atoms with E-state index in [4.69, 9.17) is 5.73 Å². The van der Waals surface area contributed by atoms with Gasteiger partial charge in [-0.15, -0.1) is 0 Å². The summed E-state index contributed by atoms with van der Waals surface area (Å²) in [5.41, 5.74) is 7.46. The fourth-order valence-corrected chi connectivity index (χ4v) is 1.34. The zero-order chi connectivity index (χ0) is 10.7. The summed E-state index contributed by atoms with van der Waals surface area (Å²) in [4.78, 5) is 4.32. The zero-order valence-electron chi connectivity index (χ0n) is 8.57. The van der Waals surface area contributed by atoms with Crippen molar-refractivity contribution in [3.8, 4) is 11.8 Å². The quantitative estimate of drug-likeness (QED) is 0.654. The Morgan fingerprint density at radius 3 is 2.93 bits per heavy atom. The Hall–Kier alpha value is -1.85. The van der Waals surface area contributed by atoms with Gasteiger partial charge in [0.1, 0.15) is 0 Å². The van der Waals surface area contributed by atoms with Gasteiger partial charge >= 0.3 is 0 Å². The van der Waals surface area contributed by atoms with Crippen molar-refractivity contribution in [3.05, 3.63) is 42.1 Å². The third-order valence-corrected chi connectivity index (χ3v) is 2.03. The van der Waals surface area contributed by atoms with E-state index in [9.17, 15) is 0 Å². The SMILES string of the molecule is CC(N)C#Cc1cnc2ccccc2c1. The zero-order valence-corrected chi connectivity index (χ0v) is 8.57. The van der Waals surface area contributed by atoms with Crippen molar-refractivity contribution >= 4 is 10.9 Å². The van der Waals surface area contributed by atoms with Gasteiger partial charge in [-0.2, -0.15) is 0 Å². The first-order valence-electron chi connectivity index (χ1n) is 4.87. The van der Waals surface area contributed by atoms with E-state index in [1.54, 1.807) is 6.20 Å². The number of aromatic nitrogens is 1. The minimum atomic E-state index is -0.100. The smallest absolute Gasteiger partial charge is 0.0702 e. The van der Waals surface area contributed by atoms with Gasteiger partial charge in [0.05, 0.1) is 11.6 Å². The molecule has 74 valence electrons. The Morgan fingerprint density at radius 2 is 2.13 bits per heavy atom. The maximum absolute atomic E-state index is 5.56. The Morgan fingerprint density at radius 1 is 1.33 bits per heavy atom. The highest BCUT2D eigenvalue weighted by Gasteiger charge is 1.94. The molecule has 0 aliphatic rings. The summed E-state index contributed by atoms with van der Waals surface area (Å²) in [5.74, 6) is 5.91. The van der Waals surface area contributed by atoms with Crippen molar-refractivity contribution in [3.63, 3.8) is 0 Å². The lowest BCUT2D eigenvalue weighted by Gasteiger charge is -1.96. The number of hydrogen-bond acceptors (Lipinski definition) is 2. The lowest BCUT2D eigenvalue weighted by atomic mass is 10.1. The molecule has 0 saturated heterocycles. The first-order chi connectivity index (χ1) is 7.25. The maximum atomic E-state index is 5.56. The normalized spacial score (nSPS) is 11.9. The van der Waals surface area contributed by atoms with E-state index in [1.165, 1.54) is 0 Å². The van der Waals surface area contributed by atoms with Crippen LogP contribution >= 0.6 is 0 Å². The number of para-hydroxylation sites is 1. The lowest BCUT2D eigenvalue weighted by molar-refractivity contribution is 0.959. The van der Waals surface area contributed by atoms with Gasteiger partial charge in [-0.3, -0.25) is 4.98 Å². The van der Waals surface area contributed by atoms with Gasteiger partial charge in [0.2, 0.25) is 0 Å². The molecule has 0 aliphatic heterocycles. The molecule has 0 amide bonds. The minimum absolute atomic E-state index is 0.100. The predicted octanol–water partition coefficient (Wildman–Crippen LogP) is 1.93. The number of pyridine rings is 1. The number of rotatable bonds is 0. The largest absolute Gasteiger partial charge is 0.318 e. The molecule has 0 bridgehead atoms. The average Bonchev–Trinajstić information content (AvgIpc) is 2.26. The van der Waals surface area contributed by atoms with E-state index in [0.717, 1.165) is 16.5 Å². The molecule has 2 nitrogen and oxygen atoms in total. The van der Waals surface area contributed by atoms with E-state index in [0.29, 0.717) is 0 Å². The lowest BCUT2D eigenvalue weighted by Crippen LogP contribution is -2.10. The molecular weight excluding hydrogens is 184 g/mol. The van der Waals surface area contributed by atoms with Crippen molar-refractivity contribution in [1.29, 1.82) is 0 Å². The van der Waals surface area contributed by atoms with Crippen LogP contribution in [0.4, 0.5) is 0 Å². The fourth-order valence-electron chi connectivity index (χ4n) is 1.34. The molecule has 1 aromatic carbocycles. The molecule has 2 heteroatoms. The van der Waals surface area contributed by atoms with E-state index in [2.05, 4.69) is 16.8 Å². The Bertz CT molecular complexity index is 533. The van der Waals surface area contributed by atoms with E-state index >= 15 is 0 Å². The molecule has 1 aromatic heterocycles. The van der Waals surface area contributed by atoms with Crippen LogP contribution in [-0.2, 0) is 0 Å². The monoisotopic (exact) mass is 196 g/mol. The van der Waals surface area contributed by atoms with Gasteiger partial charge in [-0.25, -0.2) is 0 Å². The fraction of sp³-hybridized carbons (Fsp3) is 0.154. The van der Waals surface area contributed by atoms with Gasteiger partial charge < -0.3 is 5.73 Å². The second-order valence-corrected chi connectivity index (χ2v) is 3.47. The molecule has 1 heterocycles. The first kappa shape index (κ1) is 9.70. The Balaban J connectivity index is 2.44. The highest BCUT2D eigenvalue weighted by Crippen LogP contribution is 2.11. The van der Waals surface area contributed by atoms with Gasteiger partial charge in [0.25, 0.3) is 0 Å². The van der Waals surface area contributed by atoms with E-state index in [-0.39, 0.29) is 6.04 Å². The van der Waals surface area contributed by atoms with Crippen LogP contribution in [-0.4, -0.2) is 11.0 Å². The van der Waals surface area contributed by atoms with Crippen molar-refractivity contribution in [2.75, 3.05) is 0 Å². The maximum Gasteiger partial charge on any atom is 0.0702 e. The molecule has 0 aliphatic carbocycles. The van der Waals surface area contributed by atoms with Crippen molar-refractivity contribution in [1.82, 2.24) is 4.98 Å². The molecule has 1 atom stereocenters. The topological polar surface area (TPSA) is 38.9 Å². The number of nitrogens with two attached hydrogens (primary N) is 1. The molecule has 0 radical (unpaired) electrons. The minimum Gasteiger partial charge on any atom is -0.318 e. The second-order valence-electron chi connectivity index (χ2n) is 3.47. The molecule has 1 unspecified atom stereocenters. The van der Waals surface area contributed by atoms with Crippen molar-refractivity contribution in [2.24, 2.45) is 5.73 Å². The average molecular weight is 196 g/mol. The molecule has 2 rings (SSSR count). The van der Waals surface area contributed by atoms with Crippen LogP contribution < -0.4 is 5.73 Å². The molecule has 2 aromatic rings. The highest BCUT2D eigenvalue weighted by atomic mass is 14.6. The molecule has 15 heavy (non-hydrogen) atoms. The van der Waals surface area contributed by atoms with Crippen LogP contribution in [0.5, 0.6) is 0 Å². The van der Waals surface area contributed by atoms with Crippen LogP contribution in [0.1, 0.15) is 12.5 Å². The number of nitrogens with zero attached hydrogens (tertiary/aromatic N) is 1. The summed E-state index contributed by atoms with van der Waals surface area (Å²) in [7, 11) is 0. The third kappa shape index (κ3) is 2.34. The van der Waals surface area contributed by atoms with Gasteiger partial charge in [0.15, 0.2) is 0 Å². The molecule has 0 fully saturated rings. The molecule has 0 saturated carbocycles. The standard InChI is InChI=1S/C13H12N2/c1-10(14)6-7-11-8-12-4-2-3-5-13(12)15-9-11/h2-5,8-10H,14H2,1H3. The van der Waals surface area contributed by atoms with E-state index < -0.39 is 0 Å². The van der Waals surface area contributed by atoms with Crippen LogP contribution in [0.15, 0.2) is 36.5 Å². The van der Waals surface area contributed by atoms with Crippen LogP contribution in [0.3, 0.4) is 0 Å². The van der Waals surface area contributed by atoms with E-state index in [1.807, 2.05) is 37.3 Å². The Labute approximate surface area is 89.1 Å². The number of hydrogen-bond donors (Lipinski definition) is 1. The van der Waals surface area contributed by atoms with Crippen molar-refractivity contribution in [2.45, 2.75) is 13.0 Å². The summed E-state index contributed by atoms with van der Waals surface area (Å²) >= 11 is 0. The van der Waals surface area contributed by atoms with Crippen LogP contribution in [0.2, 0.25) is 0 Å². The second kappa shape index (κ2) is 4.12. The van der Waals surface area contributed by atoms with Crippen LogP contribution in [0, 0.1) is 11.8 Å². The summed E-state index contributed by atoms with van der Waals surface area (Å²) in [6.07, 6.45) is 1.78. The summed E-state index contributed by atoms with van der Waals surface area (Å²) in [6, 6.07) is 9.90. The predicted molar refractivity (Wildman–Crippen MR) is 62.3 cm³/mol. The summed E-state index contributed by atoms with van der Waals surface area (Å²) in [6.45, 7) is 1.86. The summed E-state index contributed by atoms with van der Waals surface area (Å²) < 4.78 is 0.